The third-order valence-corrected chi connectivity index (χ3v) is 5.32. The summed E-state index contributed by atoms with van der Waals surface area (Å²) in [7, 11) is 1.79. The first-order chi connectivity index (χ1) is 8.73. The summed E-state index contributed by atoms with van der Waals surface area (Å²) in [5.41, 5.74) is 7.57. The Kier molecular flexibility index (Phi) is 9.04. The summed E-state index contributed by atoms with van der Waals surface area (Å²) in [6.45, 7) is 16.2. The zero-order valence-corrected chi connectivity index (χ0v) is 14.5. The van der Waals surface area contributed by atoms with Gasteiger partial charge in [-0.3, -0.25) is 0 Å². The number of thioether (sulfide) groups is 1. The van der Waals surface area contributed by atoms with Gasteiger partial charge in [-0.2, -0.15) is 11.8 Å². The Hall–Kier alpha value is 0.01000. The van der Waals surface area contributed by atoms with E-state index in [9.17, 15) is 0 Å². The number of nitrogens with two attached hydrogens (primary N) is 1. The van der Waals surface area contributed by atoms with Gasteiger partial charge in [-0.1, -0.05) is 46.8 Å². The maximum Gasteiger partial charge on any atom is 0.0501 e. The molecule has 0 saturated heterocycles. The summed E-state index contributed by atoms with van der Waals surface area (Å²) in [6, 6.07) is 0.128. The highest BCUT2D eigenvalue weighted by molar-refractivity contribution is 7.99. The van der Waals surface area contributed by atoms with Crippen LogP contribution >= 0.6 is 11.8 Å². The minimum atomic E-state index is 0.128. The molecule has 2 nitrogen and oxygen atoms in total. The van der Waals surface area contributed by atoms with Gasteiger partial charge in [0.05, 0.1) is 6.61 Å². The highest BCUT2D eigenvalue weighted by atomic mass is 32.2. The van der Waals surface area contributed by atoms with Crippen molar-refractivity contribution in [3.63, 3.8) is 0 Å². The molecule has 0 aromatic rings. The molecule has 0 aromatic carbocycles. The van der Waals surface area contributed by atoms with E-state index in [1.807, 2.05) is 11.8 Å². The first kappa shape index (κ1) is 19.0. The quantitative estimate of drug-likeness (QED) is 0.652. The zero-order chi connectivity index (χ0) is 15.1. The summed E-state index contributed by atoms with van der Waals surface area (Å²) < 4.78 is 5.38. The molecule has 3 unspecified atom stereocenters. The van der Waals surface area contributed by atoms with Crippen LogP contribution in [-0.4, -0.2) is 31.3 Å². The van der Waals surface area contributed by atoms with E-state index >= 15 is 0 Å². The van der Waals surface area contributed by atoms with Gasteiger partial charge in [0, 0.05) is 18.9 Å². The summed E-state index contributed by atoms with van der Waals surface area (Å²) >= 11 is 1.93. The Balaban J connectivity index is 4.26. The van der Waals surface area contributed by atoms with Gasteiger partial charge >= 0.3 is 0 Å². The lowest BCUT2D eigenvalue weighted by molar-refractivity contribution is 0.0926. The van der Waals surface area contributed by atoms with Crippen LogP contribution in [0, 0.1) is 17.3 Å². The Morgan fingerprint density at radius 1 is 1.32 bits per heavy atom. The second kappa shape index (κ2) is 9.04. The third-order valence-electron chi connectivity index (χ3n) is 4.06. The molecule has 0 aromatic heterocycles. The molecule has 2 N–H and O–H groups in total. The van der Waals surface area contributed by atoms with Crippen molar-refractivity contribution >= 4 is 11.8 Å². The van der Waals surface area contributed by atoms with Crippen LogP contribution < -0.4 is 5.73 Å². The van der Waals surface area contributed by atoms with E-state index < -0.39 is 0 Å². The van der Waals surface area contributed by atoms with Crippen molar-refractivity contribution in [1.29, 1.82) is 0 Å². The first-order valence-corrected chi connectivity index (χ1v) is 8.39. The molecular formula is C16H33NOS. The van der Waals surface area contributed by atoms with Crippen LogP contribution in [0.4, 0.5) is 0 Å². The van der Waals surface area contributed by atoms with E-state index in [-0.39, 0.29) is 6.04 Å². The van der Waals surface area contributed by atoms with Gasteiger partial charge in [0.15, 0.2) is 0 Å². The third kappa shape index (κ3) is 7.38. The van der Waals surface area contributed by atoms with E-state index in [0.29, 0.717) is 17.3 Å². The van der Waals surface area contributed by atoms with Crippen LogP contribution in [-0.2, 0) is 4.74 Å². The topological polar surface area (TPSA) is 35.2 Å². The number of ether oxygens (including phenoxy) is 1. The van der Waals surface area contributed by atoms with Crippen LogP contribution in [0.5, 0.6) is 0 Å². The molecule has 0 radical (unpaired) electrons. The zero-order valence-electron chi connectivity index (χ0n) is 13.7. The molecule has 19 heavy (non-hydrogen) atoms. The molecule has 0 rings (SSSR count). The minimum Gasteiger partial charge on any atom is -0.384 e. The van der Waals surface area contributed by atoms with Gasteiger partial charge in [0.2, 0.25) is 0 Å². The van der Waals surface area contributed by atoms with Crippen LogP contribution in [0.25, 0.3) is 0 Å². The van der Waals surface area contributed by atoms with Crippen LogP contribution in [0.1, 0.15) is 41.0 Å². The van der Waals surface area contributed by atoms with Crippen molar-refractivity contribution in [3.8, 4) is 0 Å². The molecule has 3 atom stereocenters. The maximum atomic E-state index is 6.10. The SMILES string of the molecule is C=C(CC)C(N)CSCC(COC)C(C)C(C)(C)C. The lowest BCUT2D eigenvalue weighted by Gasteiger charge is -2.34. The molecule has 0 fully saturated rings. The number of methoxy groups -OCH3 is 1. The summed E-state index contributed by atoms with van der Waals surface area (Å²) in [5, 5.41) is 0. The van der Waals surface area contributed by atoms with Crippen molar-refractivity contribution in [3.05, 3.63) is 12.2 Å². The van der Waals surface area contributed by atoms with Crippen LogP contribution in [0.3, 0.4) is 0 Å². The molecule has 0 aliphatic carbocycles. The monoisotopic (exact) mass is 287 g/mol. The second-order valence-electron chi connectivity index (χ2n) is 6.53. The van der Waals surface area contributed by atoms with Crippen LogP contribution in [0.2, 0.25) is 0 Å². The first-order valence-electron chi connectivity index (χ1n) is 7.23. The van der Waals surface area contributed by atoms with E-state index in [0.717, 1.165) is 30.1 Å². The van der Waals surface area contributed by atoms with Gasteiger partial charge in [-0.15, -0.1) is 0 Å². The molecule has 0 spiro atoms. The van der Waals surface area contributed by atoms with Crippen molar-refractivity contribution in [2.75, 3.05) is 25.2 Å². The molecule has 0 saturated carbocycles. The van der Waals surface area contributed by atoms with Gasteiger partial charge < -0.3 is 10.5 Å². The fourth-order valence-electron chi connectivity index (χ4n) is 1.98. The van der Waals surface area contributed by atoms with Gasteiger partial charge in [0.1, 0.15) is 0 Å². The predicted octanol–water partition coefficient (Wildman–Crippen LogP) is 3.96. The summed E-state index contributed by atoms with van der Waals surface area (Å²) in [6.07, 6.45) is 0.974. The lowest BCUT2D eigenvalue weighted by atomic mass is 9.75. The second-order valence-corrected chi connectivity index (χ2v) is 7.60. The lowest BCUT2D eigenvalue weighted by Crippen LogP contribution is -2.31. The van der Waals surface area contributed by atoms with Gasteiger partial charge in [-0.05, 0) is 29.4 Å². The standard InChI is InChI=1S/C16H33NOS/c1-8-12(2)15(17)11-19-10-14(9-18-7)13(3)16(4,5)6/h13-15H,2,8-11,17H2,1,3-7H3. The smallest absolute Gasteiger partial charge is 0.0501 e. The normalized spacial score (nSPS) is 17.0. The Labute approximate surface area is 124 Å². The van der Waals surface area contributed by atoms with Crippen molar-refractivity contribution in [2.24, 2.45) is 23.0 Å². The molecule has 0 aliphatic rings. The molecule has 0 aliphatic heterocycles. The predicted molar refractivity (Wildman–Crippen MR) is 88.7 cm³/mol. The van der Waals surface area contributed by atoms with Crippen LogP contribution in [0.15, 0.2) is 12.2 Å². The molecule has 114 valence electrons. The number of hydrogen-bond acceptors (Lipinski definition) is 3. The van der Waals surface area contributed by atoms with Crippen molar-refractivity contribution in [1.82, 2.24) is 0 Å². The molecule has 0 heterocycles. The molecule has 0 amide bonds. The van der Waals surface area contributed by atoms with E-state index in [1.54, 1.807) is 7.11 Å². The fraction of sp³-hybridized carbons (Fsp3) is 0.875. The average molecular weight is 288 g/mol. The Morgan fingerprint density at radius 3 is 2.32 bits per heavy atom. The number of rotatable bonds is 9. The fourth-order valence-corrected chi connectivity index (χ4v) is 3.30. The Morgan fingerprint density at radius 2 is 1.89 bits per heavy atom. The largest absolute Gasteiger partial charge is 0.384 e. The average Bonchev–Trinajstić information content (AvgIpc) is 2.34. The van der Waals surface area contributed by atoms with E-state index in [4.69, 9.17) is 10.5 Å². The molecular weight excluding hydrogens is 254 g/mol. The molecule has 3 heteroatoms. The highest BCUT2D eigenvalue weighted by Gasteiger charge is 2.28. The molecule has 0 bridgehead atoms. The number of hydrogen-bond donors (Lipinski definition) is 1. The van der Waals surface area contributed by atoms with Crippen molar-refractivity contribution < 1.29 is 4.74 Å². The summed E-state index contributed by atoms with van der Waals surface area (Å²) in [4.78, 5) is 0. The minimum absolute atomic E-state index is 0.128. The van der Waals surface area contributed by atoms with E-state index in [2.05, 4.69) is 41.2 Å². The highest BCUT2D eigenvalue weighted by Crippen LogP contribution is 2.33. The summed E-state index contributed by atoms with van der Waals surface area (Å²) in [5.74, 6) is 3.28. The van der Waals surface area contributed by atoms with Gasteiger partial charge in [0.25, 0.3) is 0 Å². The van der Waals surface area contributed by atoms with E-state index in [1.165, 1.54) is 0 Å². The van der Waals surface area contributed by atoms with Gasteiger partial charge in [-0.25, -0.2) is 0 Å². The maximum absolute atomic E-state index is 6.10. The van der Waals surface area contributed by atoms with Crippen molar-refractivity contribution in [2.45, 2.75) is 47.1 Å². The Bertz CT molecular complexity index is 260.